The van der Waals surface area contributed by atoms with Gasteiger partial charge in [-0.15, -0.1) is 21.5 Å². The van der Waals surface area contributed by atoms with Crippen molar-refractivity contribution in [3.05, 3.63) is 66.0 Å². The van der Waals surface area contributed by atoms with Crippen molar-refractivity contribution in [1.29, 1.82) is 5.26 Å². The van der Waals surface area contributed by atoms with E-state index < -0.39 is 0 Å². The molecule has 0 radical (unpaired) electrons. The van der Waals surface area contributed by atoms with Gasteiger partial charge in [-0.25, -0.2) is 4.98 Å². The number of thiophene rings is 1. The maximum Gasteiger partial charge on any atom is 0.230 e. The van der Waals surface area contributed by atoms with E-state index in [0.717, 1.165) is 15.9 Å². The van der Waals surface area contributed by atoms with Gasteiger partial charge >= 0.3 is 0 Å². The molecule has 0 fully saturated rings. The van der Waals surface area contributed by atoms with Crippen LogP contribution in [-0.2, 0) is 17.6 Å². The number of hydrogen-bond donors (Lipinski definition) is 1. The van der Waals surface area contributed by atoms with Gasteiger partial charge in [0.25, 0.3) is 0 Å². The Morgan fingerprint density at radius 2 is 1.96 bits per heavy atom. The average molecular weight is 389 g/mol. The standard InChI is InChI=1S/C20H15N5O2S/c21-8-9-22-17(26)12-19-25-24-18(27-19)11-15-7-6-14-10-16(28-20(14)23-15)13-4-2-1-3-5-13/h1-7,10H,9,11-12H2,(H,22,26). The molecule has 0 spiro atoms. The summed E-state index contributed by atoms with van der Waals surface area (Å²) < 4.78 is 5.52. The van der Waals surface area contributed by atoms with Crippen molar-refractivity contribution < 1.29 is 9.21 Å². The van der Waals surface area contributed by atoms with Crippen molar-refractivity contribution in [2.45, 2.75) is 12.8 Å². The summed E-state index contributed by atoms with van der Waals surface area (Å²) in [5.74, 6) is 0.284. The Balaban J connectivity index is 1.48. The van der Waals surface area contributed by atoms with Crippen LogP contribution in [0.3, 0.4) is 0 Å². The number of benzene rings is 1. The van der Waals surface area contributed by atoms with Crippen molar-refractivity contribution in [1.82, 2.24) is 20.5 Å². The number of amides is 1. The van der Waals surface area contributed by atoms with E-state index >= 15 is 0 Å². The maximum atomic E-state index is 11.6. The highest BCUT2D eigenvalue weighted by Crippen LogP contribution is 2.32. The number of nitrogens with zero attached hydrogens (tertiary/aromatic N) is 4. The third-order valence-electron chi connectivity index (χ3n) is 4.02. The first-order valence-electron chi connectivity index (χ1n) is 8.61. The fraction of sp³-hybridized carbons (Fsp3) is 0.150. The summed E-state index contributed by atoms with van der Waals surface area (Å²) in [4.78, 5) is 18.4. The summed E-state index contributed by atoms with van der Waals surface area (Å²) in [7, 11) is 0. The van der Waals surface area contributed by atoms with E-state index in [1.54, 1.807) is 11.3 Å². The molecule has 4 aromatic rings. The minimum absolute atomic E-state index is 0.0461. The molecule has 7 nitrogen and oxygen atoms in total. The van der Waals surface area contributed by atoms with Crippen molar-refractivity contribution in [3.63, 3.8) is 0 Å². The summed E-state index contributed by atoms with van der Waals surface area (Å²) in [6.07, 6.45) is 0.341. The lowest BCUT2D eigenvalue weighted by Crippen LogP contribution is -2.25. The van der Waals surface area contributed by atoms with Gasteiger partial charge in [-0.1, -0.05) is 36.4 Å². The number of carbonyl (C=O) groups excluding carboxylic acids is 1. The molecule has 1 amide bonds. The first kappa shape index (κ1) is 17.8. The molecular weight excluding hydrogens is 374 g/mol. The number of rotatable bonds is 6. The first-order chi connectivity index (χ1) is 13.7. The van der Waals surface area contributed by atoms with E-state index in [1.807, 2.05) is 36.4 Å². The molecule has 0 saturated heterocycles. The average Bonchev–Trinajstić information content (AvgIpc) is 3.33. The lowest BCUT2D eigenvalue weighted by molar-refractivity contribution is -0.120. The van der Waals surface area contributed by atoms with Crippen LogP contribution < -0.4 is 5.32 Å². The molecule has 138 valence electrons. The molecule has 0 bridgehead atoms. The molecule has 4 rings (SSSR count). The van der Waals surface area contributed by atoms with Crippen LogP contribution >= 0.6 is 11.3 Å². The van der Waals surface area contributed by atoms with Crippen LogP contribution in [0.4, 0.5) is 0 Å². The van der Waals surface area contributed by atoms with E-state index in [-0.39, 0.29) is 24.8 Å². The summed E-state index contributed by atoms with van der Waals surface area (Å²) >= 11 is 1.64. The summed E-state index contributed by atoms with van der Waals surface area (Å²) in [6, 6.07) is 18.2. The minimum Gasteiger partial charge on any atom is -0.424 e. The number of aromatic nitrogens is 3. The lowest BCUT2D eigenvalue weighted by Gasteiger charge is -1.97. The van der Waals surface area contributed by atoms with Gasteiger partial charge in [0.15, 0.2) is 0 Å². The SMILES string of the molecule is N#CCNC(=O)Cc1nnc(Cc2ccc3cc(-c4ccccc4)sc3n2)o1. The second-order valence-electron chi connectivity index (χ2n) is 6.05. The molecule has 0 saturated carbocycles. The number of fused-ring (bicyclic) bond motifs is 1. The molecule has 1 aromatic carbocycles. The predicted molar refractivity (Wildman–Crippen MR) is 104 cm³/mol. The van der Waals surface area contributed by atoms with Crippen molar-refractivity contribution in [2.24, 2.45) is 0 Å². The Hall–Kier alpha value is -3.57. The van der Waals surface area contributed by atoms with Gasteiger partial charge in [0, 0.05) is 10.3 Å². The summed E-state index contributed by atoms with van der Waals surface area (Å²) in [5, 5.41) is 19.9. The first-order valence-corrected chi connectivity index (χ1v) is 9.43. The largest absolute Gasteiger partial charge is 0.424 e. The van der Waals surface area contributed by atoms with E-state index in [2.05, 4.69) is 33.7 Å². The normalized spacial score (nSPS) is 10.7. The zero-order chi connectivity index (χ0) is 19.3. The highest BCUT2D eigenvalue weighted by molar-refractivity contribution is 7.21. The Kier molecular flexibility index (Phi) is 5.08. The van der Waals surface area contributed by atoms with Gasteiger partial charge in [0.1, 0.15) is 17.8 Å². The fourth-order valence-electron chi connectivity index (χ4n) is 2.72. The Labute approximate surface area is 164 Å². The molecule has 0 aliphatic heterocycles. The molecule has 0 atom stereocenters. The Morgan fingerprint density at radius 3 is 2.79 bits per heavy atom. The van der Waals surface area contributed by atoms with Crippen LogP contribution in [0, 0.1) is 11.3 Å². The van der Waals surface area contributed by atoms with E-state index in [1.165, 1.54) is 10.4 Å². The monoisotopic (exact) mass is 389 g/mol. The van der Waals surface area contributed by atoms with Gasteiger partial charge in [-0.2, -0.15) is 5.26 Å². The highest BCUT2D eigenvalue weighted by atomic mass is 32.1. The number of nitriles is 1. The van der Waals surface area contributed by atoms with Crippen LogP contribution in [0.2, 0.25) is 0 Å². The van der Waals surface area contributed by atoms with Gasteiger partial charge in [-0.05, 0) is 17.7 Å². The molecule has 0 unspecified atom stereocenters. The Bertz CT molecular complexity index is 1160. The second kappa shape index (κ2) is 7.98. The van der Waals surface area contributed by atoms with Crippen LogP contribution in [0.5, 0.6) is 0 Å². The second-order valence-corrected chi connectivity index (χ2v) is 7.08. The molecule has 0 aliphatic rings. The van der Waals surface area contributed by atoms with Gasteiger partial charge < -0.3 is 9.73 Å². The molecule has 8 heteroatoms. The topological polar surface area (TPSA) is 105 Å². The van der Waals surface area contributed by atoms with E-state index in [9.17, 15) is 4.79 Å². The quantitative estimate of drug-likeness (QED) is 0.508. The van der Waals surface area contributed by atoms with Gasteiger partial charge in [0.05, 0.1) is 18.2 Å². The summed E-state index contributed by atoms with van der Waals surface area (Å²) in [6.45, 7) is -0.0461. The number of carbonyl (C=O) groups is 1. The van der Waals surface area contributed by atoms with E-state index in [0.29, 0.717) is 12.3 Å². The highest BCUT2D eigenvalue weighted by Gasteiger charge is 2.13. The van der Waals surface area contributed by atoms with Crippen LogP contribution in [0.1, 0.15) is 17.5 Å². The minimum atomic E-state index is -0.330. The van der Waals surface area contributed by atoms with Crippen molar-refractivity contribution in [3.8, 4) is 16.5 Å². The fourth-order valence-corrected chi connectivity index (χ4v) is 3.78. The number of pyridine rings is 1. The van der Waals surface area contributed by atoms with Crippen LogP contribution in [-0.4, -0.2) is 27.6 Å². The van der Waals surface area contributed by atoms with Crippen molar-refractivity contribution in [2.75, 3.05) is 6.54 Å². The Morgan fingerprint density at radius 1 is 1.14 bits per heavy atom. The smallest absolute Gasteiger partial charge is 0.230 e. The molecule has 28 heavy (non-hydrogen) atoms. The third kappa shape index (κ3) is 4.05. The van der Waals surface area contributed by atoms with Crippen LogP contribution in [0.25, 0.3) is 20.7 Å². The molecule has 3 heterocycles. The van der Waals surface area contributed by atoms with Gasteiger partial charge in [0.2, 0.25) is 17.7 Å². The third-order valence-corrected chi connectivity index (χ3v) is 5.11. The molecule has 1 N–H and O–H groups in total. The lowest BCUT2D eigenvalue weighted by atomic mass is 10.2. The van der Waals surface area contributed by atoms with E-state index in [4.69, 9.17) is 14.7 Å². The zero-order valence-corrected chi connectivity index (χ0v) is 15.6. The molecule has 3 aromatic heterocycles. The predicted octanol–water partition coefficient (Wildman–Crippen LogP) is 3.12. The maximum absolute atomic E-state index is 11.6. The molecule has 0 aliphatic carbocycles. The number of nitrogens with one attached hydrogen (secondary N) is 1. The van der Waals surface area contributed by atoms with Crippen molar-refractivity contribution >= 4 is 27.5 Å². The summed E-state index contributed by atoms with van der Waals surface area (Å²) in [5.41, 5.74) is 1.99. The molecular formula is C20H15N5O2S. The number of hydrogen-bond acceptors (Lipinski definition) is 7. The zero-order valence-electron chi connectivity index (χ0n) is 14.8. The van der Waals surface area contributed by atoms with Crippen LogP contribution in [0.15, 0.2) is 52.9 Å². The van der Waals surface area contributed by atoms with Gasteiger partial charge in [-0.3, -0.25) is 4.79 Å².